The van der Waals surface area contributed by atoms with E-state index in [4.69, 9.17) is 20.8 Å². The van der Waals surface area contributed by atoms with Crippen LogP contribution in [0.15, 0.2) is 88.6 Å². The van der Waals surface area contributed by atoms with Gasteiger partial charge in [-0.25, -0.2) is 5.43 Å². The first-order valence-electron chi connectivity index (χ1n) is 8.96. The van der Waals surface area contributed by atoms with E-state index in [2.05, 4.69) is 10.5 Å². The highest BCUT2D eigenvalue weighted by Crippen LogP contribution is 2.27. The third-order valence-electron chi connectivity index (χ3n) is 4.34. The molecule has 1 amide bonds. The highest BCUT2D eigenvalue weighted by molar-refractivity contribution is 6.30. The monoisotopic (exact) mass is 404 g/mol. The average Bonchev–Trinajstić information content (AvgIpc) is 3.29. The molecule has 0 saturated carbocycles. The molecule has 0 spiro atoms. The first kappa shape index (κ1) is 18.8. The van der Waals surface area contributed by atoms with Gasteiger partial charge in [0.15, 0.2) is 5.76 Å². The first-order valence-corrected chi connectivity index (χ1v) is 9.34. The number of hydrazone groups is 1. The van der Waals surface area contributed by atoms with E-state index in [0.29, 0.717) is 17.4 Å². The Hall–Kier alpha value is -3.57. The van der Waals surface area contributed by atoms with Crippen LogP contribution in [0.4, 0.5) is 0 Å². The number of furan rings is 1. The van der Waals surface area contributed by atoms with E-state index in [1.807, 2.05) is 60.7 Å². The fourth-order valence-electron chi connectivity index (χ4n) is 2.89. The van der Waals surface area contributed by atoms with Gasteiger partial charge in [0, 0.05) is 10.6 Å². The van der Waals surface area contributed by atoms with Crippen molar-refractivity contribution >= 4 is 34.5 Å². The maximum Gasteiger partial charge on any atom is 0.307 e. The van der Waals surface area contributed by atoms with Crippen molar-refractivity contribution in [3.05, 3.63) is 101 Å². The first-order chi connectivity index (χ1) is 14.2. The minimum absolute atomic E-state index is 0.194. The predicted molar refractivity (Wildman–Crippen MR) is 114 cm³/mol. The van der Waals surface area contributed by atoms with Gasteiger partial charge in [-0.05, 0) is 46.7 Å². The average molecular weight is 405 g/mol. The smallest absolute Gasteiger partial charge is 0.307 e. The molecule has 144 valence electrons. The quantitative estimate of drug-likeness (QED) is 0.344. The summed E-state index contributed by atoms with van der Waals surface area (Å²) in [7, 11) is 0. The minimum Gasteiger partial charge on any atom is -0.488 e. The van der Waals surface area contributed by atoms with Crippen LogP contribution in [0.5, 0.6) is 5.75 Å². The number of halogens is 1. The van der Waals surface area contributed by atoms with Crippen molar-refractivity contribution in [1.29, 1.82) is 0 Å². The van der Waals surface area contributed by atoms with Gasteiger partial charge >= 0.3 is 5.91 Å². The molecule has 0 atom stereocenters. The third-order valence-corrected chi connectivity index (χ3v) is 4.59. The fraction of sp³-hybridized carbons (Fsp3) is 0.0435. The molecule has 0 aliphatic carbocycles. The molecule has 6 heteroatoms. The number of amides is 1. The molecule has 3 aromatic carbocycles. The van der Waals surface area contributed by atoms with Crippen molar-refractivity contribution in [1.82, 2.24) is 5.43 Å². The van der Waals surface area contributed by atoms with Crippen molar-refractivity contribution in [3.8, 4) is 5.75 Å². The molecule has 0 saturated heterocycles. The van der Waals surface area contributed by atoms with Gasteiger partial charge in [0.2, 0.25) is 0 Å². The van der Waals surface area contributed by atoms with E-state index >= 15 is 0 Å². The summed E-state index contributed by atoms with van der Waals surface area (Å²) in [4.78, 5) is 12.0. The number of ether oxygens (including phenoxy) is 1. The number of rotatable bonds is 6. The Kier molecular flexibility index (Phi) is 5.59. The Bertz CT molecular complexity index is 1150. The minimum atomic E-state index is -0.421. The van der Waals surface area contributed by atoms with Crippen LogP contribution < -0.4 is 10.2 Å². The van der Waals surface area contributed by atoms with Gasteiger partial charge in [-0.3, -0.25) is 4.79 Å². The lowest BCUT2D eigenvalue weighted by molar-refractivity contribution is 0.0927. The summed E-state index contributed by atoms with van der Waals surface area (Å²) in [5, 5.41) is 6.79. The number of nitrogens with zero attached hydrogens (tertiary/aromatic N) is 1. The lowest BCUT2D eigenvalue weighted by Gasteiger charge is -2.12. The van der Waals surface area contributed by atoms with Crippen molar-refractivity contribution < 1.29 is 13.9 Å². The number of nitrogens with one attached hydrogen (secondary N) is 1. The predicted octanol–water partition coefficient (Wildman–Crippen LogP) is 5.43. The summed E-state index contributed by atoms with van der Waals surface area (Å²) in [5.41, 5.74) is 4.24. The molecular formula is C23H17ClN2O3. The van der Waals surface area contributed by atoms with E-state index in [9.17, 15) is 4.79 Å². The molecule has 5 nitrogen and oxygen atoms in total. The van der Waals surface area contributed by atoms with Crippen molar-refractivity contribution in [2.75, 3.05) is 0 Å². The molecule has 0 radical (unpaired) electrons. The Balaban J connectivity index is 1.59. The molecule has 1 heterocycles. The number of carbonyl (C=O) groups is 1. The number of carbonyl (C=O) groups excluding carboxylic acids is 1. The zero-order chi connectivity index (χ0) is 20.1. The summed E-state index contributed by atoms with van der Waals surface area (Å²) >= 11 is 5.94. The van der Waals surface area contributed by atoms with E-state index in [0.717, 1.165) is 21.9 Å². The van der Waals surface area contributed by atoms with Gasteiger partial charge in [-0.15, -0.1) is 0 Å². The second-order valence-electron chi connectivity index (χ2n) is 6.29. The molecule has 0 bridgehead atoms. The highest BCUT2D eigenvalue weighted by atomic mass is 35.5. The standard InChI is InChI=1S/C23H17ClN2O3/c24-18-10-7-16(8-11-18)15-29-21-12-9-17-4-1-2-5-19(17)20(21)14-25-26-23(27)22-6-3-13-28-22/h1-14H,15H2,(H,26,27)/b25-14-. The number of hydrogen-bond acceptors (Lipinski definition) is 4. The molecule has 0 fully saturated rings. The Morgan fingerprint density at radius 1 is 1.03 bits per heavy atom. The Labute approximate surface area is 172 Å². The number of benzene rings is 3. The summed E-state index contributed by atoms with van der Waals surface area (Å²) < 4.78 is 11.1. The largest absolute Gasteiger partial charge is 0.488 e. The maximum atomic E-state index is 12.0. The zero-order valence-electron chi connectivity index (χ0n) is 15.3. The highest BCUT2D eigenvalue weighted by Gasteiger charge is 2.09. The van der Waals surface area contributed by atoms with Gasteiger partial charge in [-0.1, -0.05) is 54.1 Å². The van der Waals surface area contributed by atoms with Crippen LogP contribution in [0.3, 0.4) is 0 Å². The molecule has 4 aromatic rings. The molecule has 0 unspecified atom stereocenters. The van der Waals surface area contributed by atoms with Gasteiger partial charge in [0.05, 0.1) is 12.5 Å². The summed E-state index contributed by atoms with van der Waals surface area (Å²) in [6, 6.07) is 22.5. The van der Waals surface area contributed by atoms with Crippen LogP contribution in [0.1, 0.15) is 21.7 Å². The summed E-state index contributed by atoms with van der Waals surface area (Å²) in [6.45, 7) is 0.384. The molecule has 4 rings (SSSR count). The normalized spacial score (nSPS) is 11.1. The second-order valence-corrected chi connectivity index (χ2v) is 6.73. The molecule has 0 aliphatic rings. The topological polar surface area (TPSA) is 63.8 Å². The van der Waals surface area contributed by atoms with E-state index in [1.165, 1.54) is 6.26 Å². The van der Waals surface area contributed by atoms with E-state index in [1.54, 1.807) is 18.3 Å². The fourth-order valence-corrected chi connectivity index (χ4v) is 3.02. The zero-order valence-corrected chi connectivity index (χ0v) is 16.1. The van der Waals surface area contributed by atoms with Crippen molar-refractivity contribution in [3.63, 3.8) is 0 Å². The van der Waals surface area contributed by atoms with Crippen LogP contribution in [-0.2, 0) is 6.61 Å². The summed E-state index contributed by atoms with van der Waals surface area (Å²) in [5.74, 6) is 0.434. The SMILES string of the molecule is O=C(N/N=C\c1c(OCc2ccc(Cl)cc2)ccc2ccccc12)c1ccco1. The second kappa shape index (κ2) is 8.63. The van der Waals surface area contributed by atoms with Gasteiger partial charge < -0.3 is 9.15 Å². The number of fused-ring (bicyclic) bond motifs is 1. The Morgan fingerprint density at radius 2 is 1.86 bits per heavy atom. The van der Waals surface area contributed by atoms with E-state index < -0.39 is 5.91 Å². The Morgan fingerprint density at radius 3 is 2.66 bits per heavy atom. The van der Waals surface area contributed by atoms with Crippen LogP contribution in [0.2, 0.25) is 5.02 Å². The van der Waals surface area contributed by atoms with E-state index in [-0.39, 0.29) is 5.76 Å². The van der Waals surface area contributed by atoms with Crippen LogP contribution in [0.25, 0.3) is 10.8 Å². The van der Waals surface area contributed by atoms with Gasteiger partial charge in [0.25, 0.3) is 0 Å². The van der Waals surface area contributed by atoms with Crippen molar-refractivity contribution in [2.24, 2.45) is 5.10 Å². The lowest BCUT2D eigenvalue weighted by atomic mass is 10.0. The van der Waals surface area contributed by atoms with Gasteiger partial charge in [0.1, 0.15) is 12.4 Å². The molecule has 1 N–H and O–H groups in total. The molecule has 0 aliphatic heterocycles. The van der Waals surface area contributed by atoms with Crippen LogP contribution >= 0.6 is 11.6 Å². The molecule has 1 aromatic heterocycles. The van der Waals surface area contributed by atoms with Gasteiger partial charge in [-0.2, -0.15) is 5.10 Å². The van der Waals surface area contributed by atoms with Crippen LogP contribution in [0, 0.1) is 0 Å². The lowest BCUT2D eigenvalue weighted by Crippen LogP contribution is -2.16. The maximum absolute atomic E-state index is 12.0. The summed E-state index contributed by atoms with van der Waals surface area (Å²) in [6.07, 6.45) is 3.02. The van der Waals surface area contributed by atoms with Crippen molar-refractivity contribution in [2.45, 2.75) is 6.61 Å². The van der Waals surface area contributed by atoms with Crippen LogP contribution in [-0.4, -0.2) is 12.1 Å². The molecular weight excluding hydrogens is 388 g/mol. The molecule has 29 heavy (non-hydrogen) atoms. The number of hydrogen-bond donors (Lipinski definition) is 1. The third kappa shape index (κ3) is 4.47.